The molecule has 0 saturated carbocycles. The topological polar surface area (TPSA) is 66.8 Å². The number of ether oxygens (including phenoxy) is 1. The Labute approximate surface area is 104 Å². The fourth-order valence-electron chi connectivity index (χ4n) is 2.22. The van der Waals surface area contributed by atoms with Crippen LogP contribution in [0.4, 0.5) is 4.79 Å². The molecule has 17 heavy (non-hydrogen) atoms. The molecule has 2 bridgehead atoms. The molecule has 2 rings (SSSR count). The first kappa shape index (κ1) is 12.5. The molecule has 1 amide bonds. The number of carbonyl (C=O) groups excluding carboxylic acids is 1. The highest BCUT2D eigenvalue weighted by molar-refractivity contribution is 8.01. The van der Waals surface area contributed by atoms with E-state index in [1.165, 1.54) is 11.8 Å². The van der Waals surface area contributed by atoms with Crippen LogP contribution in [-0.2, 0) is 9.53 Å². The molecule has 6 heteroatoms. The SMILES string of the molecule is CC(C)(C)OC(=O)N1C[C@@]2(C(=O)O)CC1CS2. The Morgan fingerprint density at radius 1 is 1.47 bits per heavy atom. The Morgan fingerprint density at radius 3 is 2.59 bits per heavy atom. The molecule has 5 nitrogen and oxygen atoms in total. The number of carboxylic acids is 1. The number of amides is 1. The first-order chi connectivity index (χ1) is 7.73. The molecule has 2 fully saturated rings. The summed E-state index contributed by atoms with van der Waals surface area (Å²) in [5.41, 5.74) is -0.539. The number of fused-ring (bicyclic) bond motifs is 2. The molecular weight excluding hydrogens is 242 g/mol. The quantitative estimate of drug-likeness (QED) is 0.774. The van der Waals surface area contributed by atoms with Crippen LogP contribution in [0.3, 0.4) is 0 Å². The van der Waals surface area contributed by atoms with E-state index in [0.29, 0.717) is 12.2 Å². The fourth-order valence-corrected chi connectivity index (χ4v) is 3.69. The summed E-state index contributed by atoms with van der Waals surface area (Å²) in [7, 11) is 0. The molecule has 96 valence electrons. The maximum Gasteiger partial charge on any atom is 0.410 e. The van der Waals surface area contributed by atoms with Crippen LogP contribution in [0.2, 0.25) is 0 Å². The van der Waals surface area contributed by atoms with E-state index in [1.807, 2.05) is 0 Å². The summed E-state index contributed by atoms with van der Waals surface area (Å²) in [6.45, 7) is 5.68. The zero-order valence-corrected chi connectivity index (χ0v) is 11.0. The molecule has 0 aliphatic carbocycles. The molecule has 0 radical (unpaired) electrons. The Balaban J connectivity index is 2.07. The van der Waals surface area contributed by atoms with Crippen molar-refractivity contribution >= 4 is 23.8 Å². The number of carbonyl (C=O) groups is 2. The minimum atomic E-state index is -0.823. The Hall–Kier alpha value is -0.910. The highest BCUT2D eigenvalue weighted by Crippen LogP contribution is 2.47. The minimum Gasteiger partial charge on any atom is -0.480 e. The lowest BCUT2D eigenvalue weighted by molar-refractivity contribution is -0.139. The number of hydrogen-bond acceptors (Lipinski definition) is 4. The smallest absolute Gasteiger partial charge is 0.410 e. The van der Waals surface area contributed by atoms with Crippen molar-refractivity contribution < 1.29 is 19.4 Å². The van der Waals surface area contributed by atoms with Gasteiger partial charge in [-0.3, -0.25) is 4.79 Å². The van der Waals surface area contributed by atoms with Crippen LogP contribution in [0.15, 0.2) is 0 Å². The summed E-state index contributed by atoms with van der Waals surface area (Å²) in [6, 6.07) is 0.00551. The van der Waals surface area contributed by atoms with Gasteiger partial charge < -0.3 is 14.7 Å². The Kier molecular flexibility index (Phi) is 2.80. The first-order valence-corrected chi connectivity index (χ1v) is 6.59. The molecule has 2 aliphatic rings. The lowest BCUT2D eigenvalue weighted by atomic mass is 10.1. The van der Waals surface area contributed by atoms with Crippen molar-refractivity contribution in [2.45, 2.75) is 43.6 Å². The van der Waals surface area contributed by atoms with Gasteiger partial charge in [-0.1, -0.05) is 0 Å². The highest BCUT2D eigenvalue weighted by atomic mass is 32.2. The van der Waals surface area contributed by atoms with Crippen molar-refractivity contribution in [2.75, 3.05) is 12.3 Å². The van der Waals surface area contributed by atoms with Crippen LogP contribution in [0, 0.1) is 0 Å². The van der Waals surface area contributed by atoms with Crippen LogP contribution in [0.5, 0.6) is 0 Å². The van der Waals surface area contributed by atoms with Gasteiger partial charge in [-0.15, -0.1) is 11.8 Å². The van der Waals surface area contributed by atoms with Crippen LogP contribution in [0.1, 0.15) is 27.2 Å². The first-order valence-electron chi connectivity index (χ1n) is 5.60. The third kappa shape index (κ3) is 2.22. The van der Waals surface area contributed by atoms with Gasteiger partial charge in [0, 0.05) is 18.3 Å². The van der Waals surface area contributed by atoms with E-state index < -0.39 is 22.4 Å². The highest BCUT2D eigenvalue weighted by Gasteiger charge is 2.57. The van der Waals surface area contributed by atoms with Crippen molar-refractivity contribution in [3.8, 4) is 0 Å². The van der Waals surface area contributed by atoms with E-state index in [0.717, 1.165) is 0 Å². The lowest BCUT2D eigenvalue weighted by Gasteiger charge is -2.31. The van der Waals surface area contributed by atoms with E-state index in [9.17, 15) is 14.7 Å². The number of aliphatic carboxylic acids is 1. The third-order valence-corrected chi connectivity index (χ3v) is 4.58. The van der Waals surface area contributed by atoms with E-state index in [-0.39, 0.29) is 12.6 Å². The number of hydrogen-bond donors (Lipinski definition) is 1. The minimum absolute atomic E-state index is 0.00551. The zero-order valence-electron chi connectivity index (χ0n) is 10.2. The Morgan fingerprint density at radius 2 is 2.12 bits per heavy atom. The van der Waals surface area contributed by atoms with Gasteiger partial charge in [0.2, 0.25) is 0 Å². The molecule has 2 aliphatic heterocycles. The van der Waals surface area contributed by atoms with Gasteiger partial charge in [0.25, 0.3) is 0 Å². The van der Waals surface area contributed by atoms with E-state index in [1.54, 1.807) is 25.7 Å². The molecule has 0 aromatic carbocycles. The largest absolute Gasteiger partial charge is 0.480 e. The van der Waals surface area contributed by atoms with Gasteiger partial charge in [-0.25, -0.2) is 4.79 Å². The van der Waals surface area contributed by atoms with E-state index >= 15 is 0 Å². The maximum atomic E-state index is 11.9. The van der Waals surface area contributed by atoms with Gasteiger partial charge in [0.1, 0.15) is 10.3 Å². The second kappa shape index (κ2) is 3.80. The normalized spacial score (nSPS) is 31.7. The van der Waals surface area contributed by atoms with Gasteiger partial charge in [0.15, 0.2) is 0 Å². The molecule has 0 aromatic heterocycles. The van der Waals surface area contributed by atoms with E-state index in [4.69, 9.17) is 4.74 Å². The van der Waals surface area contributed by atoms with Crippen LogP contribution in [-0.4, -0.2) is 50.8 Å². The molecule has 2 atom stereocenters. The van der Waals surface area contributed by atoms with Gasteiger partial charge in [-0.05, 0) is 27.2 Å². The average molecular weight is 259 g/mol. The van der Waals surface area contributed by atoms with Gasteiger partial charge >= 0.3 is 12.1 Å². The summed E-state index contributed by atoms with van der Waals surface area (Å²) in [5, 5.41) is 9.22. The summed E-state index contributed by atoms with van der Waals surface area (Å²) in [4.78, 5) is 24.7. The number of likely N-dealkylation sites (tertiary alicyclic amines) is 1. The molecule has 1 unspecified atom stereocenters. The zero-order chi connectivity index (χ0) is 12.8. The summed E-state index contributed by atoms with van der Waals surface area (Å²) in [6.07, 6.45) is 0.137. The predicted octanol–water partition coefficient (Wildman–Crippen LogP) is 1.57. The lowest BCUT2D eigenvalue weighted by Crippen LogP contribution is -2.46. The molecule has 0 spiro atoms. The van der Waals surface area contributed by atoms with Crippen molar-refractivity contribution in [3.05, 3.63) is 0 Å². The van der Waals surface area contributed by atoms with Crippen LogP contribution in [0.25, 0.3) is 0 Å². The number of nitrogens with zero attached hydrogens (tertiary/aromatic N) is 1. The fraction of sp³-hybridized carbons (Fsp3) is 0.818. The molecule has 2 saturated heterocycles. The van der Waals surface area contributed by atoms with Crippen molar-refractivity contribution in [1.82, 2.24) is 4.90 Å². The molecule has 1 N–H and O–H groups in total. The maximum absolute atomic E-state index is 11.9. The molecule has 2 heterocycles. The Bertz CT molecular complexity index is 365. The second-order valence-corrected chi connectivity index (χ2v) is 6.98. The molecular formula is C11H17NO4S. The van der Waals surface area contributed by atoms with Crippen molar-refractivity contribution in [1.29, 1.82) is 0 Å². The summed E-state index contributed by atoms with van der Waals surface area (Å²) < 4.78 is 4.48. The number of rotatable bonds is 1. The summed E-state index contributed by atoms with van der Waals surface area (Å²) in [5.74, 6) is -0.137. The van der Waals surface area contributed by atoms with E-state index in [2.05, 4.69) is 0 Å². The summed E-state index contributed by atoms with van der Waals surface area (Å²) >= 11 is 1.44. The van der Waals surface area contributed by atoms with Crippen LogP contribution >= 0.6 is 11.8 Å². The predicted molar refractivity (Wildman–Crippen MR) is 64.2 cm³/mol. The van der Waals surface area contributed by atoms with Gasteiger partial charge in [-0.2, -0.15) is 0 Å². The number of carboxylic acid groups (broad SMARTS) is 1. The van der Waals surface area contributed by atoms with Crippen molar-refractivity contribution in [3.63, 3.8) is 0 Å². The average Bonchev–Trinajstić information content (AvgIpc) is 2.72. The van der Waals surface area contributed by atoms with Crippen molar-refractivity contribution in [2.24, 2.45) is 0 Å². The number of thioether (sulfide) groups is 1. The molecule has 0 aromatic rings. The standard InChI is InChI=1S/C11H17NO4S/c1-10(2,3)16-9(15)12-6-11(8(13)14)4-7(12)5-17-11/h7H,4-6H2,1-3H3,(H,13,14)/t7?,11-/m1/s1. The van der Waals surface area contributed by atoms with Crippen LogP contribution < -0.4 is 0 Å². The monoisotopic (exact) mass is 259 g/mol. The second-order valence-electron chi connectivity index (χ2n) is 5.58. The third-order valence-electron chi connectivity index (χ3n) is 3.00. The van der Waals surface area contributed by atoms with Gasteiger partial charge in [0.05, 0.1) is 0 Å².